The standard InChI is InChI=1S/C17H26ClN3O2.ClH/c1-3-12(2)15(17(23)20-11-5-4-10-19)21-16(22)13-6-8-14(18)9-7-13;/h6-9,12,15H,3-5,10-11,19H2,1-2H3,(H,20,23)(H,21,22);1H. The van der Waals surface area contributed by atoms with Gasteiger partial charge in [0.05, 0.1) is 0 Å². The van der Waals surface area contributed by atoms with E-state index in [1.807, 2.05) is 13.8 Å². The van der Waals surface area contributed by atoms with E-state index < -0.39 is 6.04 Å². The Kier molecular flexibility index (Phi) is 11.5. The Balaban J connectivity index is 0.00000529. The normalized spacial score (nSPS) is 12.7. The van der Waals surface area contributed by atoms with E-state index in [0.29, 0.717) is 23.7 Å². The maximum atomic E-state index is 12.3. The molecule has 5 nitrogen and oxygen atoms in total. The Bertz CT molecular complexity index is 509. The van der Waals surface area contributed by atoms with Crippen molar-refractivity contribution in [3.05, 3.63) is 34.9 Å². The monoisotopic (exact) mass is 375 g/mol. The second kappa shape index (κ2) is 12.1. The molecule has 0 bridgehead atoms. The third kappa shape index (κ3) is 7.51. The van der Waals surface area contributed by atoms with E-state index in [2.05, 4.69) is 10.6 Å². The summed E-state index contributed by atoms with van der Waals surface area (Å²) in [5.41, 5.74) is 5.92. The molecular formula is C17H27Cl2N3O2. The van der Waals surface area contributed by atoms with Crippen LogP contribution < -0.4 is 16.4 Å². The molecule has 0 saturated heterocycles. The number of hydrogen-bond acceptors (Lipinski definition) is 3. The van der Waals surface area contributed by atoms with Gasteiger partial charge in [-0.05, 0) is 49.6 Å². The average Bonchev–Trinajstić information content (AvgIpc) is 2.56. The number of amides is 2. The van der Waals surface area contributed by atoms with E-state index >= 15 is 0 Å². The van der Waals surface area contributed by atoms with E-state index in [0.717, 1.165) is 19.3 Å². The van der Waals surface area contributed by atoms with Gasteiger partial charge in [0.1, 0.15) is 6.04 Å². The van der Waals surface area contributed by atoms with Gasteiger partial charge in [0.25, 0.3) is 5.91 Å². The van der Waals surface area contributed by atoms with E-state index in [4.69, 9.17) is 17.3 Å². The summed E-state index contributed by atoms with van der Waals surface area (Å²) in [5, 5.41) is 6.26. The van der Waals surface area contributed by atoms with Gasteiger partial charge in [-0.1, -0.05) is 31.9 Å². The number of benzene rings is 1. The van der Waals surface area contributed by atoms with Crippen molar-refractivity contribution >= 4 is 35.8 Å². The first-order chi connectivity index (χ1) is 11.0. The van der Waals surface area contributed by atoms with Gasteiger partial charge >= 0.3 is 0 Å². The molecule has 0 radical (unpaired) electrons. The SMILES string of the molecule is CCC(C)C(NC(=O)c1ccc(Cl)cc1)C(=O)NCCCCN.Cl. The van der Waals surface area contributed by atoms with Crippen LogP contribution in [0.3, 0.4) is 0 Å². The second-order valence-corrected chi connectivity index (χ2v) is 6.07. The molecule has 2 amide bonds. The number of nitrogens with one attached hydrogen (secondary N) is 2. The fraction of sp³-hybridized carbons (Fsp3) is 0.529. The van der Waals surface area contributed by atoms with Crippen LogP contribution in [0.2, 0.25) is 5.02 Å². The van der Waals surface area contributed by atoms with Gasteiger partial charge in [-0.3, -0.25) is 9.59 Å². The van der Waals surface area contributed by atoms with Gasteiger partial charge in [0, 0.05) is 17.1 Å². The molecule has 0 aliphatic carbocycles. The van der Waals surface area contributed by atoms with Gasteiger partial charge in [0.2, 0.25) is 5.91 Å². The molecule has 0 spiro atoms. The predicted octanol–water partition coefficient (Wildman–Crippen LogP) is 2.76. The molecule has 0 fully saturated rings. The molecule has 7 heteroatoms. The Morgan fingerprint density at radius 1 is 1.21 bits per heavy atom. The fourth-order valence-corrected chi connectivity index (χ4v) is 2.24. The molecule has 24 heavy (non-hydrogen) atoms. The molecule has 0 heterocycles. The Hall–Kier alpha value is -1.30. The molecular weight excluding hydrogens is 349 g/mol. The second-order valence-electron chi connectivity index (χ2n) is 5.63. The zero-order chi connectivity index (χ0) is 17.2. The Morgan fingerprint density at radius 2 is 1.83 bits per heavy atom. The smallest absolute Gasteiger partial charge is 0.251 e. The minimum Gasteiger partial charge on any atom is -0.354 e. The number of halogens is 2. The van der Waals surface area contributed by atoms with Crippen LogP contribution in [0.25, 0.3) is 0 Å². The van der Waals surface area contributed by atoms with Gasteiger partial charge in [-0.25, -0.2) is 0 Å². The van der Waals surface area contributed by atoms with Crippen LogP contribution in [-0.4, -0.2) is 30.9 Å². The van der Waals surface area contributed by atoms with Crippen LogP contribution in [0.4, 0.5) is 0 Å². The van der Waals surface area contributed by atoms with Crippen molar-refractivity contribution in [2.24, 2.45) is 11.7 Å². The summed E-state index contributed by atoms with van der Waals surface area (Å²) in [7, 11) is 0. The highest BCUT2D eigenvalue weighted by atomic mass is 35.5. The molecule has 1 rings (SSSR count). The molecule has 0 aliphatic rings. The van der Waals surface area contributed by atoms with Crippen molar-refractivity contribution < 1.29 is 9.59 Å². The highest BCUT2D eigenvalue weighted by Crippen LogP contribution is 2.12. The van der Waals surface area contributed by atoms with E-state index in [-0.39, 0.29) is 30.1 Å². The number of nitrogens with two attached hydrogens (primary N) is 1. The first kappa shape index (κ1) is 22.7. The summed E-state index contributed by atoms with van der Waals surface area (Å²) < 4.78 is 0. The van der Waals surface area contributed by atoms with Crippen LogP contribution in [0.1, 0.15) is 43.5 Å². The lowest BCUT2D eigenvalue weighted by Gasteiger charge is -2.23. The van der Waals surface area contributed by atoms with Crippen molar-refractivity contribution in [1.29, 1.82) is 0 Å². The highest BCUT2D eigenvalue weighted by Gasteiger charge is 2.25. The van der Waals surface area contributed by atoms with Crippen molar-refractivity contribution in [3.63, 3.8) is 0 Å². The number of rotatable bonds is 9. The summed E-state index contributed by atoms with van der Waals surface area (Å²) >= 11 is 5.82. The van der Waals surface area contributed by atoms with Crippen molar-refractivity contribution in [2.75, 3.05) is 13.1 Å². The van der Waals surface area contributed by atoms with E-state index in [1.165, 1.54) is 0 Å². The highest BCUT2D eigenvalue weighted by molar-refractivity contribution is 6.30. The van der Waals surface area contributed by atoms with Gasteiger partial charge in [-0.15, -0.1) is 12.4 Å². The minimum absolute atomic E-state index is 0. The van der Waals surface area contributed by atoms with Crippen LogP contribution in [-0.2, 0) is 4.79 Å². The molecule has 4 N–H and O–H groups in total. The van der Waals surface area contributed by atoms with Crippen molar-refractivity contribution in [3.8, 4) is 0 Å². The molecule has 1 aromatic carbocycles. The minimum atomic E-state index is -0.555. The predicted molar refractivity (Wildman–Crippen MR) is 101 cm³/mol. The largest absolute Gasteiger partial charge is 0.354 e. The third-order valence-electron chi connectivity index (χ3n) is 3.82. The molecule has 0 saturated carbocycles. The maximum absolute atomic E-state index is 12.3. The lowest BCUT2D eigenvalue weighted by atomic mass is 9.97. The van der Waals surface area contributed by atoms with Crippen LogP contribution in [0.5, 0.6) is 0 Å². The summed E-state index contributed by atoms with van der Waals surface area (Å²) in [4.78, 5) is 24.7. The van der Waals surface area contributed by atoms with E-state index in [1.54, 1.807) is 24.3 Å². The summed E-state index contributed by atoms with van der Waals surface area (Å²) in [6.45, 7) is 5.12. The van der Waals surface area contributed by atoms with Gasteiger partial charge in [0.15, 0.2) is 0 Å². The fourth-order valence-electron chi connectivity index (χ4n) is 2.12. The Morgan fingerprint density at radius 3 is 2.38 bits per heavy atom. The zero-order valence-electron chi connectivity index (χ0n) is 14.2. The van der Waals surface area contributed by atoms with Crippen LogP contribution in [0, 0.1) is 5.92 Å². The molecule has 2 atom stereocenters. The number of hydrogen-bond donors (Lipinski definition) is 3. The number of carbonyl (C=O) groups excluding carboxylic acids is 2. The topological polar surface area (TPSA) is 84.2 Å². The number of unbranched alkanes of at least 4 members (excludes halogenated alkanes) is 1. The summed E-state index contributed by atoms with van der Waals surface area (Å²) in [6, 6.07) is 6.04. The zero-order valence-corrected chi connectivity index (χ0v) is 15.8. The molecule has 1 aromatic rings. The molecule has 2 unspecified atom stereocenters. The Labute approximate surface area is 155 Å². The molecule has 0 aliphatic heterocycles. The van der Waals surface area contributed by atoms with Gasteiger partial charge < -0.3 is 16.4 Å². The molecule has 0 aromatic heterocycles. The van der Waals surface area contributed by atoms with Crippen molar-refractivity contribution in [2.45, 2.75) is 39.2 Å². The first-order valence-electron chi connectivity index (χ1n) is 8.03. The first-order valence-corrected chi connectivity index (χ1v) is 8.41. The van der Waals surface area contributed by atoms with Gasteiger partial charge in [-0.2, -0.15) is 0 Å². The van der Waals surface area contributed by atoms with E-state index in [9.17, 15) is 9.59 Å². The quantitative estimate of drug-likeness (QED) is 0.580. The number of carbonyl (C=O) groups is 2. The summed E-state index contributed by atoms with van der Waals surface area (Å²) in [5.74, 6) is -0.386. The summed E-state index contributed by atoms with van der Waals surface area (Å²) in [6.07, 6.45) is 2.49. The van der Waals surface area contributed by atoms with Crippen LogP contribution >= 0.6 is 24.0 Å². The lowest BCUT2D eigenvalue weighted by Crippen LogP contribution is -2.50. The van der Waals surface area contributed by atoms with Crippen molar-refractivity contribution in [1.82, 2.24) is 10.6 Å². The molecule has 136 valence electrons. The lowest BCUT2D eigenvalue weighted by molar-refractivity contribution is -0.124. The van der Waals surface area contributed by atoms with Crippen LogP contribution in [0.15, 0.2) is 24.3 Å². The maximum Gasteiger partial charge on any atom is 0.251 e. The average molecular weight is 376 g/mol. The third-order valence-corrected chi connectivity index (χ3v) is 4.07.